The first kappa shape index (κ1) is 12.4. The number of fused-ring (bicyclic) bond motifs is 1. The summed E-state index contributed by atoms with van der Waals surface area (Å²) in [4.78, 5) is 2.42. The second kappa shape index (κ2) is 5.07. The van der Waals surface area contributed by atoms with Crippen LogP contribution in [0.1, 0.15) is 19.4 Å². The summed E-state index contributed by atoms with van der Waals surface area (Å²) in [6.45, 7) is 8.15. The van der Waals surface area contributed by atoms with Gasteiger partial charge >= 0.3 is 0 Å². The summed E-state index contributed by atoms with van der Waals surface area (Å²) >= 11 is 0. The van der Waals surface area contributed by atoms with Gasteiger partial charge < -0.3 is 15.0 Å². The van der Waals surface area contributed by atoms with Crippen molar-refractivity contribution in [2.45, 2.75) is 25.9 Å². The van der Waals surface area contributed by atoms with Crippen LogP contribution in [-0.4, -0.2) is 32.3 Å². The monoisotopic (exact) mass is 234 g/mol. The third-order valence-corrected chi connectivity index (χ3v) is 3.24. The molecule has 1 aliphatic rings. The highest BCUT2D eigenvalue weighted by atomic mass is 16.5. The summed E-state index contributed by atoms with van der Waals surface area (Å²) in [7, 11) is 1.76. The van der Waals surface area contributed by atoms with Crippen LogP contribution in [0.5, 0.6) is 0 Å². The number of rotatable bonds is 3. The molecule has 0 radical (unpaired) electrons. The van der Waals surface area contributed by atoms with E-state index in [1.807, 2.05) is 0 Å². The second-order valence-electron chi connectivity index (χ2n) is 5.28. The number of nitrogens with one attached hydrogen (secondary N) is 1. The van der Waals surface area contributed by atoms with E-state index in [-0.39, 0.29) is 5.54 Å². The van der Waals surface area contributed by atoms with Gasteiger partial charge in [0.25, 0.3) is 0 Å². The minimum atomic E-state index is 0.132. The molecule has 0 amide bonds. The van der Waals surface area contributed by atoms with Crippen molar-refractivity contribution in [3.05, 3.63) is 29.8 Å². The molecule has 0 fully saturated rings. The van der Waals surface area contributed by atoms with Crippen LogP contribution < -0.4 is 10.2 Å². The predicted molar refractivity (Wildman–Crippen MR) is 71.4 cm³/mol. The van der Waals surface area contributed by atoms with Crippen molar-refractivity contribution in [2.24, 2.45) is 0 Å². The zero-order valence-corrected chi connectivity index (χ0v) is 11.0. The number of anilines is 1. The van der Waals surface area contributed by atoms with Crippen molar-refractivity contribution < 1.29 is 4.74 Å². The molecular formula is C14H22N2O. The zero-order chi connectivity index (χ0) is 12.3. The summed E-state index contributed by atoms with van der Waals surface area (Å²) in [5.74, 6) is 0. The lowest BCUT2D eigenvalue weighted by Gasteiger charge is -2.31. The first-order valence-corrected chi connectivity index (χ1v) is 6.19. The Balaban J connectivity index is 2.26. The topological polar surface area (TPSA) is 24.5 Å². The minimum absolute atomic E-state index is 0.132. The van der Waals surface area contributed by atoms with Crippen LogP contribution in [0.15, 0.2) is 24.3 Å². The summed E-state index contributed by atoms with van der Waals surface area (Å²) in [6.07, 6.45) is 0. The predicted octanol–water partition coefficient (Wildman–Crippen LogP) is 2.02. The maximum atomic E-state index is 5.21. The van der Waals surface area contributed by atoms with Gasteiger partial charge in [0.2, 0.25) is 0 Å². The number of para-hydroxylation sites is 1. The molecule has 0 saturated carbocycles. The van der Waals surface area contributed by atoms with Crippen LogP contribution in [0.4, 0.5) is 5.69 Å². The molecule has 0 unspecified atom stereocenters. The Hall–Kier alpha value is -1.06. The van der Waals surface area contributed by atoms with Crippen LogP contribution >= 0.6 is 0 Å². The molecule has 2 rings (SSSR count). The van der Waals surface area contributed by atoms with E-state index >= 15 is 0 Å². The van der Waals surface area contributed by atoms with Gasteiger partial charge in [-0.2, -0.15) is 0 Å². The molecule has 0 aromatic heterocycles. The van der Waals surface area contributed by atoms with Gasteiger partial charge in [0, 0.05) is 38.0 Å². The number of hydrogen-bond acceptors (Lipinski definition) is 3. The molecule has 0 atom stereocenters. The lowest BCUT2D eigenvalue weighted by atomic mass is 10.1. The van der Waals surface area contributed by atoms with Crippen molar-refractivity contribution >= 4 is 5.69 Å². The lowest BCUT2D eigenvalue weighted by molar-refractivity contribution is 0.203. The number of benzene rings is 1. The van der Waals surface area contributed by atoms with Crippen LogP contribution in [0.3, 0.4) is 0 Å². The Morgan fingerprint density at radius 2 is 2.12 bits per heavy atom. The normalized spacial score (nSPS) is 18.6. The SMILES string of the molecule is COCCN1CC(C)(C)NCc2ccccc21. The molecule has 17 heavy (non-hydrogen) atoms. The first-order valence-electron chi connectivity index (χ1n) is 6.19. The molecule has 0 saturated heterocycles. The molecule has 1 aromatic carbocycles. The van der Waals surface area contributed by atoms with Crippen molar-refractivity contribution in [3.8, 4) is 0 Å². The number of methoxy groups -OCH3 is 1. The van der Waals surface area contributed by atoms with Crippen molar-refractivity contribution in [1.82, 2.24) is 5.32 Å². The first-order chi connectivity index (χ1) is 8.12. The van der Waals surface area contributed by atoms with E-state index in [0.29, 0.717) is 0 Å². The van der Waals surface area contributed by atoms with Gasteiger partial charge in [0.15, 0.2) is 0 Å². The Kier molecular flexibility index (Phi) is 3.69. The van der Waals surface area contributed by atoms with Crippen molar-refractivity contribution in [3.63, 3.8) is 0 Å². The fourth-order valence-electron chi connectivity index (χ4n) is 2.32. The highest BCUT2D eigenvalue weighted by Crippen LogP contribution is 2.25. The third kappa shape index (κ3) is 2.99. The van der Waals surface area contributed by atoms with E-state index in [9.17, 15) is 0 Å². The maximum Gasteiger partial charge on any atom is 0.0637 e. The van der Waals surface area contributed by atoms with Gasteiger partial charge in [-0.05, 0) is 25.5 Å². The van der Waals surface area contributed by atoms with Gasteiger partial charge in [-0.1, -0.05) is 18.2 Å². The molecule has 3 heteroatoms. The van der Waals surface area contributed by atoms with E-state index in [1.165, 1.54) is 11.3 Å². The van der Waals surface area contributed by atoms with E-state index in [4.69, 9.17) is 4.74 Å². The second-order valence-corrected chi connectivity index (χ2v) is 5.28. The van der Waals surface area contributed by atoms with Gasteiger partial charge in [-0.15, -0.1) is 0 Å². The smallest absolute Gasteiger partial charge is 0.0637 e. The molecule has 1 aromatic rings. The Labute approximate surface area is 104 Å². The molecule has 1 heterocycles. The van der Waals surface area contributed by atoms with Gasteiger partial charge in [0.05, 0.1) is 6.61 Å². The van der Waals surface area contributed by atoms with Crippen LogP contribution in [0, 0.1) is 0 Å². The van der Waals surface area contributed by atoms with E-state index in [2.05, 4.69) is 48.3 Å². The standard InChI is InChI=1S/C14H22N2O/c1-14(2)11-16(8-9-17-3)13-7-5-4-6-12(13)10-15-14/h4-7,15H,8-11H2,1-3H3. The molecule has 1 aliphatic heterocycles. The van der Waals surface area contributed by atoms with Gasteiger partial charge in [0.1, 0.15) is 0 Å². The molecule has 0 aliphatic carbocycles. The lowest BCUT2D eigenvalue weighted by Crippen LogP contribution is -2.47. The number of hydrogen-bond donors (Lipinski definition) is 1. The van der Waals surface area contributed by atoms with Crippen LogP contribution in [0.25, 0.3) is 0 Å². The Morgan fingerprint density at radius 1 is 1.35 bits per heavy atom. The van der Waals surface area contributed by atoms with Gasteiger partial charge in [-0.3, -0.25) is 0 Å². The molecule has 0 bridgehead atoms. The Bertz CT molecular complexity index is 376. The summed E-state index contributed by atoms with van der Waals surface area (Å²) in [5.41, 5.74) is 2.84. The third-order valence-electron chi connectivity index (χ3n) is 3.24. The molecule has 0 spiro atoms. The fourth-order valence-corrected chi connectivity index (χ4v) is 2.32. The van der Waals surface area contributed by atoms with Gasteiger partial charge in [-0.25, -0.2) is 0 Å². The van der Waals surface area contributed by atoms with Crippen molar-refractivity contribution in [1.29, 1.82) is 0 Å². The van der Waals surface area contributed by atoms with E-state index < -0.39 is 0 Å². The average Bonchev–Trinajstić information content (AvgIpc) is 2.44. The number of nitrogens with zero attached hydrogens (tertiary/aromatic N) is 1. The Morgan fingerprint density at radius 3 is 2.88 bits per heavy atom. The highest BCUT2D eigenvalue weighted by molar-refractivity contribution is 5.55. The summed E-state index contributed by atoms with van der Waals surface area (Å²) in [6, 6.07) is 8.61. The zero-order valence-electron chi connectivity index (χ0n) is 11.0. The molecule has 3 nitrogen and oxygen atoms in total. The minimum Gasteiger partial charge on any atom is -0.383 e. The highest BCUT2D eigenvalue weighted by Gasteiger charge is 2.26. The summed E-state index contributed by atoms with van der Waals surface area (Å²) < 4.78 is 5.21. The van der Waals surface area contributed by atoms with Crippen LogP contribution in [-0.2, 0) is 11.3 Å². The quantitative estimate of drug-likeness (QED) is 0.866. The molecular weight excluding hydrogens is 212 g/mol. The van der Waals surface area contributed by atoms with E-state index in [0.717, 1.165) is 26.2 Å². The van der Waals surface area contributed by atoms with Crippen LogP contribution in [0.2, 0.25) is 0 Å². The summed E-state index contributed by atoms with van der Waals surface area (Å²) in [5, 5.41) is 3.60. The molecule has 1 N–H and O–H groups in total. The van der Waals surface area contributed by atoms with E-state index in [1.54, 1.807) is 7.11 Å². The maximum absolute atomic E-state index is 5.21. The number of ether oxygens (including phenoxy) is 1. The fraction of sp³-hybridized carbons (Fsp3) is 0.571. The average molecular weight is 234 g/mol. The van der Waals surface area contributed by atoms with Crippen molar-refractivity contribution in [2.75, 3.05) is 31.7 Å². The molecule has 94 valence electrons. The largest absolute Gasteiger partial charge is 0.383 e.